The van der Waals surface area contributed by atoms with E-state index in [1.165, 1.54) is 12.8 Å². The summed E-state index contributed by atoms with van der Waals surface area (Å²) in [7, 11) is 0. The van der Waals surface area contributed by atoms with Gasteiger partial charge in [0, 0.05) is 12.3 Å². The Kier molecular flexibility index (Phi) is 15.9. The monoisotopic (exact) mass is 1030 g/mol. The van der Waals surface area contributed by atoms with Crippen molar-refractivity contribution < 1.29 is 109 Å². The second kappa shape index (κ2) is 21.1. The van der Waals surface area contributed by atoms with Gasteiger partial charge in [-0.15, -0.1) is 0 Å². The fraction of sp³-hybridized carbons (Fsp3) is 1.00. The van der Waals surface area contributed by atoms with E-state index in [9.17, 15) is 61.3 Å². The molecule has 6 saturated heterocycles. The first-order valence-corrected chi connectivity index (χ1v) is 26.7. The van der Waals surface area contributed by atoms with Crippen molar-refractivity contribution in [3.8, 4) is 0 Å². The van der Waals surface area contributed by atoms with E-state index in [-0.39, 0.29) is 23.0 Å². The van der Waals surface area contributed by atoms with Crippen LogP contribution in [0, 0.1) is 52.3 Å². The summed E-state index contributed by atoms with van der Waals surface area (Å²) in [5.41, 5.74) is 0.293. The fourth-order valence-electron chi connectivity index (χ4n) is 15.9. The van der Waals surface area contributed by atoms with Crippen LogP contribution in [-0.4, -0.2) is 229 Å². The number of hydrogen-bond donors (Lipinski definition) is 12. The average molecular weight is 1040 g/mol. The first kappa shape index (κ1) is 54.5. The highest BCUT2D eigenvalue weighted by Crippen LogP contribution is 2.71. The van der Waals surface area contributed by atoms with Crippen molar-refractivity contribution in [3.63, 3.8) is 0 Å². The molecule has 0 amide bonds. The van der Waals surface area contributed by atoms with E-state index in [2.05, 4.69) is 27.7 Å². The second-order valence-corrected chi connectivity index (χ2v) is 23.9. The van der Waals surface area contributed by atoms with Crippen molar-refractivity contribution in [1.82, 2.24) is 0 Å². The van der Waals surface area contributed by atoms with Crippen molar-refractivity contribution in [2.24, 2.45) is 52.3 Å². The first-order chi connectivity index (χ1) is 34.3. The summed E-state index contributed by atoms with van der Waals surface area (Å²) in [6.07, 6.45) is -22.9. The van der Waals surface area contributed by atoms with Gasteiger partial charge in [-0.3, -0.25) is 0 Å². The maximum Gasteiger partial charge on any atom is 0.187 e. The Morgan fingerprint density at radius 1 is 0.514 bits per heavy atom. The van der Waals surface area contributed by atoms with Gasteiger partial charge in [-0.05, 0) is 104 Å². The molecule has 0 radical (unpaired) electrons. The van der Waals surface area contributed by atoms with Gasteiger partial charge in [0.1, 0.15) is 91.6 Å². The van der Waals surface area contributed by atoms with E-state index >= 15 is 0 Å². The zero-order valence-corrected chi connectivity index (χ0v) is 41.7. The highest BCUT2D eigenvalue weighted by molar-refractivity contribution is 5.15. The van der Waals surface area contributed by atoms with E-state index in [0.29, 0.717) is 47.8 Å². The third-order valence-electron chi connectivity index (χ3n) is 20.0. The Bertz CT molecular complexity index is 1830. The van der Waals surface area contributed by atoms with Gasteiger partial charge in [-0.25, -0.2) is 0 Å². The summed E-state index contributed by atoms with van der Waals surface area (Å²) < 4.78 is 61.4. The molecule has 0 aromatic rings. The summed E-state index contributed by atoms with van der Waals surface area (Å²) >= 11 is 0. The highest BCUT2D eigenvalue weighted by Gasteiger charge is 2.69. The number of ether oxygens (including phenoxy) is 10. The molecule has 22 heteroatoms. The van der Waals surface area contributed by atoms with E-state index < -0.39 is 149 Å². The minimum Gasteiger partial charge on any atom is -0.394 e. The van der Waals surface area contributed by atoms with Crippen LogP contribution in [0.3, 0.4) is 0 Å². The largest absolute Gasteiger partial charge is 0.394 e. The molecule has 414 valence electrons. The molecule has 6 heterocycles. The summed E-state index contributed by atoms with van der Waals surface area (Å²) in [5, 5.41) is 129. The maximum absolute atomic E-state index is 11.8. The Hall–Kier alpha value is -0.880. The number of rotatable bonds is 11. The molecule has 31 atom stereocenters. The summed E-state index contributed by atoms with van der Waals surface area (Å²) in [5.74, 6) is 3.06. The van der Waals surface area contributed by atoms with Gasteiger partial charge in [0.25, 0.3) is 0 Å². The number of hydrogen-bond acceptors (Lipinski definition) is 22. The van der Waals surface area contributed by atoms with E-state index in [1.807, 2.05) is 0 Å². The van der Waals surface area contributed by atoms with Crippen molar-refractivity contribution in [2.45, 2.75) is 227 Å². The van der Waals surface area contributed by atoms with Gasteiger partial charge in [-0.2, -0.15) is 0 Å². The van der Waals surface area contributed by atoms with Crippen LogP contribution in [-0.2, 0) is 47.4 Å². The van der Waals surface area contributed by atoms with Crippen LogP contribution in [0.25, 0.3) is 0 Å². The normalized spacial score (nSPS) is 57.8. The Balaban J connectivity index is 0.812. The van der Waals surface area contributed by atoms with Gasteiger partial charge < -0.3 is 109 Å². The van der Waals surface area contributed by atoms with E-state index in [0.717, 1.165) is 51.6 Å². The zero-order valence-electron chi connectivity index (χ0n) is 41.7. The molecular formula is C50H82O22. The van der Waals surface area contributed by atoms with Crippen LogP contribution in [0.4, 0.5) is 0 Å². The molecule has 10 rings (SSSR count). The lowest BCUT2D eigenvalue weighted by atomic mass is 9.44. The smallest absolute Gasteiger partial charge is 0.187 e. The Morgan fingerprint density at radius 3 is 1.85 bits per heavy atom. The third kappa shape index (κ3) is 9.26. The Morgan fingerprint density at radius 2 is 1.14 bits per heavy atom. The van der Waals surface area contributed by atoms with Crippen molar-refractivity contribution >= 4 is 0 Å². The molecular weight excluding hydrogens is 953 g/mol. The van der Waals surface area contributed by atoms with Crippen LogP contribution in [0.15, 0.2) is 0 Å². The van der Waals surface area contributed by atoms with Crippen LogP contribution < -0.4 is 0 Å². The van der Waals surface area contributed by atoms with Crippen LogP contribution in [0.5, 0.6) is 0 Å². The molecule has 4 aliphatic carbocycles. The predicted molar refractivity (Wildman–Crippen MR) is 242 cm³/mol. The lowest BCUT2D eigenvalue weighted by molar-refractivity contribution is -0.404. The first-order valence-electron chi connectivity index (χ1n) is 26.7. The van der Waals surface area contributed by atoms with Crippen LogP contribution in [0.2, 0.25) is 0 Å². The standard InChI is InChI=1S/C50H82O22/c1-20-7-12-50(64-18-20)21(2)32-28(72-50)14-26-24-6-5-22-13-23(8-10-48(22,3)25(24)9-11-49(26,32)4)65-45-40(62)37(59)41(31(17-53)68-45)69-47-43(71-46-39(61)36(58)34(56)29(15-51)66-46)42(35(57)30(16-52)67-47)70-44-38(60)33(55)27(54)19-63-44/h20-47,51-62H,5-19H2,1-4H3/t20-,21-,22-,23-,24+,25-,26-,27+,28-,29+,30+,31+,32-,33-,34-,35+,36-,37+,38+,39+,40+,41-,42-,43+,44-,45+,46-,47-,48-,49-,50-/m0/s1. The fourth-order valence-corrected chi connectivity index (χ4v) is 15.9. The molecule has 0 aromatic heterocycles. The lowest BCUT2D eigenvalue weighted by Gasteiger charge is -2.61. The minimum atomic E-state index is -2.00. The number of fused-ring (bicyclic) bond motifs is 7. The highest BCUT2D eigenvalue weighted by atomic mass is 16.8. The minimum absolute atomic E-state index is 0.0916. The molecule has 10 fully saturated rings. The van der Waals surface area contributed by atoms with E-state index in [1.54, 1.807) is 0 Å². The average Bonchev–Trinajstić information content (AvgIpc) is 3.82. The molecule has 0 unspecified atom stereocenters. The third-order valence-corrected chi connectivity index (χ3v) is 20.0. The van der Waals surface area contributed by atoms with Crippen molar-refractivity contribution in [2.75, 3.05) is 33.0 Å². The van der Waals surface area contributed by atoms with Gasteiger partial charge in [-0.1, -0.05) is 27.7 Å². The zero-order chi connectivity index (χ0) is 51.3. The van der Waals surface area contributed by atoms with E-state index in [4.69, 9.17) is 47.4 Å². The van der Waals surface area contributed by atoms with Gasteiger partial charge >= 0.3 is 0 Å². The molecule has 22 nitrogen and oxygen atoms in total. The Labute approximate surface area is 419 Å². The molecule has 72 heavy (non-hydrogen) atoms. The molecule has 1 spiro atoms. The summed E-state index contributed by atoms with van der Waals surface area (Å²) in [4.78, 5) is 0. The van der Waals surface area contributed by atoms with Gasteiger partial charge in [0.2, 0.25) is 0 Å². The van der Waals surface area contributed by atoms with Crippen molar-refractivity contribution in [1.29, 1.82) is 0 Å². The van der Waals surface area contributed by atoms with Crippen LogP contribution >= 0.6 is 0 Å². The number of aliphatic hydroxyl groups excluding tert-OH is 12. The molecule has 6 aliphatic heterocycles. The summed E-state index contributed by atoms with van der Waals surface area (Å²) in [6.45, 7) is 7.42. The molecule has 12 N–H and O–H groups in total. The molecule has 4 saturated carbocycles. The molecule has 0 aromatic carbocycles. The molecule has 0 bridgehead atoms. The summed E-state index contributed by atoms with van der Waals surface area (Å²) in [6, 6.07) is 0. The number of aliphatic hydroxyl groups is 12. The maximum atomic E-state index is 11.8. The molecule has 10 aliphatic rings. The van der Waals surface area contributed by atoms with Crippen LogP contribution in [0.1, 0.15) is 91.9 Å². The van der Waals surface area contributed by atoms with Crippen molar-refractivity contribution in [3.05, 3.63) is 0 Å². The lowest BCUT2D eigenvalue weighted by Crippen LogP contribution is -2.68. The SMILES string of the molecule is C[C@H]1CC[C@]2(OC1)O[C@H]1C[C@H]3[C@@H]4CC[C@H]5C[C@@H](O[C@@H]6O[C@H](CO)[C@H](O[C@@H]7O[C@H](CO)[C@@H](O)[C@H](O[C@@H]8OC[C@@H](O)[C@H](O)[C@H]8O)[C@H]7O[C@@H]7O[C@H](CO)[C@H](O)[C@H](O)[C@H]7O)[C@H](O)[C@H]6O)CC[C@]5(C)[C@H]4CC[C@]3(C)[C@H]1[C@@H]2C. The predicted octanol–water partition coefficient (Wildman–Crippen LogP) is -2.27. The topological polar surface area (TPSA) is 335 Å². The quantitative estimate of drug-likeness (QED) is 0.0971. The second-order valence-electron chi connectivity index (χ2n) is 23.9. The van der Waals surface area contributed by atoms with Gasteiger partial charge in [0.05, 0.1) is 45.2 Å². The van der Waals surface area contributed by atoms with Gasteiger partial charge in [0.15, 0.2) is 30.9 Å².